The van der Waals surface area contributed by atoms with Crippen molar-refractivity contribution in [1.82, 2.24) is 0 Å². The smallest absolute Gasteiger partial charge is 0.120 e. The van der Waals surface area contributed by atoms with Gasteiger partial charge in [-0.25, -0.2) is 0 Å². The van der Waals surface area contributed by atoms with Crippen LogP contribution >= 0.6 is 0 Å². The topological polar surface area (TPSA) is 56.8 Å². The zero-order valence-corrected chi connectivity index (χ0v) is 7.88. The lowest BCUT2D eigenvalue weighted by Crippen LogP contribution is -2.20. The zero-order valence-electron chi connectivity index (χ0n) is 7.88. The minimum atomic E-state index is 0.428. The lowest BCUT2D eigenvalue weighted by Gasteiger charge is -2.01. The normalized spacial score (nSPS) is 12.0. The number of methoxy groups -OCH3 is 1. The van der Waals surface area contributed by atoms with Crippen molar-refractivity contribution in [3.8, 4) is 0 Å². The first-order chi connectivity index (χ1) is 5.81. The third-order valence-corrected chi connectivity index (χ3v) is 1.21. The molecule has 4 nitrogen and oxygen atoms in total. The Balaban J connectivity index is 3.29. The third kappa shape index (κ3) is 7.50. The molecule has 0 saturated heterocycles. The average molecular weight is 174 g/mol. The molecule has 0 aromatic heterocycles. The van der Waals surface area contributed by atoms with Crippen LogP contribution in [0.2, 0.25) is 0 Å². The molecule has 0 amide bonds. The molecule has 0 heterocycles. The number of nitrogens with zero attached hydrogens (tertiary/aromatic N) is 1. The average Bonchev–Trinajstić information content (AvgIpc) is 2.06. The molecule has 0 unspecified atom stereocenters. The first kappa shape index (κ1) is 11.4. The number of amidine groups is 1. The van der Waals surface area contributed by atoms with E-state index in [1.807, 2.05) is 0 Å². The molecule has 0 spiro atoms. The Morgan fingerprint density at radius 2 is 2.17 bits per heavy atom. The first-order valence-corrected chi connectivity index (χ1v) is 4.16. The van der Waals surface area contributed by atoms with E-state index in [1.54, 1.807) is 7.11 Å². The quantitative estimate of drug-likeness (QED) is 0.345. The van der Waals surface area contributed by atoms with E-state index in [0.717, 1.165) is 13.0 Å². The lowest BCUT2D eigenvalue weighted by atomic mass is 10.5. The summed E-state index contributed by atoms with van der Waals surface area (Å²) in [5.41, 5.74) is 5.52. The molecule has 2 N–H and O–H groups in total. The van der Waals surface area contributed by atoms with Gasteiger partial charge in [0.25, 0.3) is 0 Å². The van der Waals surface area contributed by atoms with Crippen LogP contribution in [-0.2, 0) is 9.47 Å². The fourth-order valence-corrected chi connectivity index (χ4v) is 0.647. The van der Waals surface area contributed by atoms with Crippen LogP contribution in [0.25, 0.3) is 0 Å². The van der Waals surface area contributed by atoms with Gasteiger partial charge in [0.05, 0.1) is 13.2 Å². The predicted molar refractivity (Wildman–Crippen MR) is 49.5 cm³/mol. The Morgan fingerprint density at radius 1 is 1.42 bits per heavy atom. The molecule has 0 atom stereocenters. The minimum absolute atomic E-state index is 0.428. The summed E-state index contributed by atoms with van der Waals surface area (Å²) in [5.74, 6) is 0.542. The summed E-state index contributed by atoms with van der Waals surface area (Å²) >= 11 is 0. The SMILES string of the molecule is CCCOCC(N)=NCCOC. The second-order valence-electron chi connectivity index (χ2n) is 2.42. The summed E-state index contributed by atoms with van der Waals surface area (Å²) in [5, 5.41) is 0. The molecule has 0 bridgehead atoms. The second-order valence-corrected chi connectivity index (χ2v) is 2.42. The van der Waals surface area contributed by atoms with Crippen molar-refractivity contribution < 1.29 is 9.47 Å². The molecular weight excluding hydrogens is 156 g/mol. The number of nitrogens with two attached hydrogens (primary N) is 1. The predicted octanol–water partition coefficient (Wildman–Crippen LogP) is 0.417. The van der Waals surface area contributed by atoms with Gasteiger partial charge in [-0.15, -0.1) is 0 Å². The van der Waals surface area contributed by atoms with E-state index < -0.39 is 0 Å². The maximum Gasteiger partial charge on any atom is 0.120 e. The molecular formula is C8H18N2O2. The standard InChI is InChI=1S/C8H18N2O2/c1-3-5-12-7-8(9)10-4-6-11-2/h3-7H2,1-2H3,(H2,9,10). The highest BCUT2D eigenvalue weighted by Crippen LogP contribution is 1.81. The number of hydrogen-bond acceptors (Lipinski definition) is 3. The minimum Gasteiger partial charge on any atom is -0.386 e. The maximum absolute atomic E-state index is 5.52. The van der Waals surface area contributed by atoms with E-state index in [0.29, 0.717) is 25.6 Å². The largest absolute Gasteiger partial charge is 0.386 e. The molecule has 0 aliphatic carbocycles. The van der Waals surface area contributed by atoms with E-state index in [9.17, 15) is 0 Å². The van der Waals surface area contributed by atoms with E-state index in [4.69, 9.17) is 15.2 Å². The van der Waals surface area contributed by atoms with E-state index in [1.165, 1.54) is 0 Å². The Hall–Kier alpha value is -0.610. The first-order valence-electron chi connectivity index (χ1n) is 4.16. The number of rotatable bonds is 7. The van der Waals surface area contributed by atoms with Crippen LogP contribution in [0.5, 0.6) is 0 Å². The van der Waals surface area contributed by atoms with Gasteiger partial charge >= 0.3 is 0 Å². The molecule has 0 aliphatic heterocycles. The molecule has 0 rings (SSSR count). The van der Waals surface area contributed by atoms with Gasteiger partial charge < -0.3 is 15.2 Å². The fraction of sp³-hybridized carbons (Fsp3) is 0.875. The Bertz CT molecular complexity index is 126. The number of hydrogen-bond donors (Lipinski definition) is 1. The van der Waals surface area contributed by atoms with Gasteiger partial charge in [0.1, 0.15) is 12.4 Å². The van der Waals surface area contributed by atoms with Gasteiger partial charge in [0.15, 0.2) is 0 Å². The highest BCUT2D eigenvalue weighted by molar-refractivity contribution is 5.81. The van der Waals surface area contributed by atoms with Crippen LogP contribution in [-0.4, -0.2) is 39.3 Å². The zero-order chi connectivity index (χ0) is 9.23. The van der Waals surface area contributed by atoms with E-state index >= 15 is 0 Å². The summed E-state index contributed by atoms with van der Waals surface area (Å²) in [4.78, 5) is 4.03. The van der Waals surface area contributed by atoms with Crippen molar-refractivity contribution in [2.24, 2.45) is 10.7 Å². The molecule has 0 aliphatic rings. The molecule has 12 heavy (non-hydrogen) atoms. The van der Waals surface area contributed by atoms with Gasteiger partial charge in [0, 0.05) is 13.7 Å². The molecule has 0 aromatic rings. The van der Waals surface area contributed by atoms with Gasteiger partial charge in [-0.2, -0.15) is 0 Å². The second kappa shape index (κ2) is 8.49. The maximum atomic E-state index is 5.52. The van der Waals surface area contributed by atoms with Crippen molar-refractivity contribution in [2.75, 3.05) is 33.5 Å². The van der Waals surface area contributed by atoms with Gasteiger partial charge in [-0.3, -0.25) is 4.99 Å². The van der Waals surface area contributed by atoms with Crippen molar-refractivity contribution in [3.05, 3.63) is 0 Å². The molecule has 4 heteroatoms. The molecule has 0 saturated carbocycles. The summed E-state index contributed by atoms with van der Waals surface area (Å²) in [6, 6.07) is 0. The van der Waals surface area contributed by atoms with Gasteiger partial charge in [-0.1, -0.05) is 6.92 Å². The fourth-order valence-electron chi connectivity index (χ4n) is 0.647. The van der Waals surface area contributed by atoms with Gasteiger partial charge in [-0.05, 0) is 6.42 Å². The van der Waals surface area contributed by atoms with Gasteiger partial charge in [0.2, 0.25) is 0 Å². The summed E-state index contributed by atoms with van der Waals surface area (Å²) in [6.07, 6.45) is 1.01. The van der Waals surface area contributed by atoms with Crippen LogP contribution in [0, 0.1) is 0 Å². The van der Waals surface area contributed by atoms with E-state index in [-0.39, 0.29) is 0 Å². The Morgan fingerprint density at radius 3 is 2.75 bits per heavy atom. The molecule has 0 fully saturated rings. The Kier molecular flexibility index (Phi) is 8.05. The summed E-state index contributed by atoms with van der Waals surface area (Å²) < 4.78 is 9.99. The molecule has 0 aromatic carbocycles. The van der Waals surface area contributed by atoms with Crippen molar-refractivity contribution in [3.63, 3.8) is 0 Å². The van der Waals surface area contributed by atoms with Crippen molar-refractivity contribution >= 4 is 5.84 Å². The van der Waals surface area contributed by atoms with Crippen LogP contribution < -0.4 is 5.73 Å². The van der Waals surface area contributed by atoms with E-state index in [2.05, 4.69) is 11.9 Å². The van der Waals surface area contributed by atoms with Crippen molar-refractivity contribution in [1.29, 1.82) is 0 Å². The van der Waals surface area contributed by atoms with Crippen LogP contribution in [0.4, 0.5) is 0 Å². The molecule has 0 radical (unpaired) electrons. The number of aliphatic imine (C=N–C) groups is 1. The van der Waals surface area contributed by atoms with Crippen LogP contribution in [0.15, 0.2) is 4.99 Å². The Labute approximate surface area is 73.8 Å². The summed E-state index contributed by atoms with van der Waals surface area (Å²) in [6.45, 7) is 4.43. The monoisotopic (exact) mass is 174 g/mol. The summed E-state index contributed by atoms with van der Waals surface area (Å²) in [7, 11) is 1.64. The van der Waals surface area contributed by atoms with Crippen molar-refractivity contribution in [2.45, 2.75) is 13.3 Å². The highest BCUT2D eigenvalue weighted by Gasteiger charge is 1.90. The number of ether oxygens (including phenoxy) is 2. The van der Waals surface area contributed by atoms with Crippen LogP contribution in [0.3, 0.4) is 0 Å². The highest BCUT2D eigenvalue weighted by atomic mass is 16.5. The third-order valence-electron chi connectivity index (χ3n) is 1.21. The lowest BCUT2D eigenvalue weighted by molar-refractivity contribution is 0.171. The molecule has 72 valence electrons. The van der Waals surface area contributed by atoms with Crippen LogP contribution in [0.1, 0.15) is 13.3 Å².